The SMILES string of the molecule is CN(C)C(=O)CN=C(NCCCN1CCOCC1)N1CCC(COCc2ccccc2)C1.I. The molecule has 2 aliphatic heterocycles. The summed E-state index contributed by atoms with van der Waals surface area (Å²) in [5, 5.41) is 3.50. The molecular weight excluding hydrogens is 533 g/mol. The molecule has 0 aromatic heterocycles. The van der Waals surface area contributed by atoms with Gasteiger partial charge in [-0.15, -0.1) is 24.0 Å². The van der Waals surface area contributed by atoms with Crippen LogP contribution in [0.3, 0.4) is 0 Å². The van der Waals surface area contributed by atoms with E-state index in [1.165, 1.54) is 5.56 Å². The second kappa shape index (κ2) is 15.5. The van der Waals surface area contributed by atoms with Crippen LogP contribution < -0.4 is 5.32 Å². The lowest BCUT2D eigenvalue weighted by Crippen LogP contribution is -2.43. The monoisotopic (exact) mass is 573 g/mol. The van der Waals surface area contributed by atoms with Gasteiger partial charge in [-0.2, -0.15) is 0 Å². The van der Waals surface area contributed by atoms with Crippen LogP contribution in [0.25, 0.3) is 0 Å². The van der Waals surface area contributed by atoms with Crippen LogP contribution in [0.2, 0.25) is 0 Å². The van der Waals surface area contributed by atoms with E-state index in [9.17, 15) is 4.79 Å². The van der Waals surface area contributed by atoms with E-state index < -0.39 is 0 Å². The molecule has 2 heterocycles. The molecule has 0 radical (unpaired) electrons. The minimum atomic E-state index is 0. The number of nitrogens with one attached hydrogen (secondary N) is 1. The van der Waals surface area contributed by atoms with Crippen LogP contribution in [0.1, 0.15) is 18.4 Å². The van der Waals surface area contributed by atoms with E-state index in [1.807, 2.05) is 18.2 Å². The highest BCUT2D eigenvalue weighted by atomic mass is 127. The molecule has 1 aromatic rings. The van der Waals surface area contributed by atoms with Crippen molar-refractivity contribution in [2.45, 2.75) is 19.4 Å². The normalized spacial score (nSPS) is 19.3. The largest absolute Gasteiger partial charge is 0.379 e. The minimum absolute atomic E-state index is 0. The number of halogens is 1. The van der Waals surface area contributed by atoms with Crippen molar-refractivity contribution < 1.29 is 14.3 Å². The molecule has 9 heteroatoms. The highest BCUT2D eigenvalue weighted by molar-refractivity contribution is 14.0. The summed E-state index contributed by atoms with van der Waals surface area (Å²) in [6.45, 7) is 8.97. The van der Waals surface area contributed by atoms with Gasteiger partial charge in [0, 0.05) is 52.7 Å². The number of carbonyl (C=O) groups excluding carboxylic acids is 1. The third kappa shape index (κ3) is 10.2. The first-order valence-electron chi connectivity index (χ1n) is 11.8. The lowest BCUT2D eigenvalue weighted by atomic mass is 10.1. The first-order valence-corrected chi connectivity index (χ1v) is 11.8. The standard InChI is InChI=1S/C24H39N5O3.HI/c1-27(2)23(30)17-26-24(25-10-6-11-28-13-15-31-16-14-28)29-12-9-22(18-29)20-32-19-21-7-4-3-5-8-21;/h3-5,7-8,22H,6,9-20H2,1-2H3,(H,25,26);1H. The number of hydrogen-bond donors (Lipinski definition) is 1. The number of ether oxygens (including phenoxy) is 2. The zero-order chi connectivity index (χ0) is 22.6. The number of likely N-dealkylation sites (tertiary alicyclic amines) is 1. The second-order valence-electron chi connectivity index (χ2n) is 8.76. The van der Waals surface area contributed by atoms with Crippen molar-refractivity contribution >= 4 is 35.8 Å². The van der Waals surface area contributed by atoms with Gasteiger partial charge >= 0.3 is 0 Å². The third-order valence-electron chi connectivity index (χ3n) is 5.95. The van der Waals surface area contributed by atoms with Crippen molar-refractivity contribution in [3.8, 4) is 0 Å². The molecule has 1 amide bonds. The van der Waals surface area contributed by atoms with E-state index in [1.54, 1.807) is 19.0 Å². The number of amides is 1. The number of morpholine rings is 1. The Labute approximate surface area is 215 Å². The minimum Gasteiger partial charge on any atom is -0.379 e. The fourth-order valence-corrected chi connectivity index (χ4v) is 3.96. The van der Waals surface area contributed by atoms with Gasteiger partial charge in [0.2, 0.25) is 5.91 Å². The third-order valence-corrected chi connectivity index (χ3v) is 5.95. The van der Waals surface area contributed by atoms with E-state index in [4.69, 9.17) is 9.47 Å². The number of likely N-dealkylation sites (N-methyl/N-ethyl adjacent to an activating group) is 1. The molecule has 2 aliphatic rings. The van der Waals surface area contributed by atoms with Gasteiger partial charge in [0.15, 0.2) is 5.96 Å². The predicted octanol–water partition coefficient (Wildman–Crippen LogP) is 1.90. The number of guanidine groups is 1. The molecular formula is C24H40IN5O3. The number of benzene rings is 1. The smallest absolute Gasteiger partial charge is 0.243 e. The predicted molar refractivity (Wildman–Crippen MR) is 142 cm³/mol. The summed E-state index contributed by atoms with van der Waals surface area (Å²) < 4.78 is 11.4. The van der Waals surface area contributed by atoms with Crippen LogP contribution in [0.4, 0.5) is 0 Å². The number of hydrogen-bond acceptors (Lipinski definition) is 5. The van der Waals surface area contributed by atoms with E-state index in [2.05, 4.69) is 32.2 Å². The van der Waals surface area contributed by atoms with Crippen LogP contribution >= 0.6 is 24.0 Å². The molecule has 0 aliphatic carbocycles. The average molecular weight is 574 g/mol. The molecule has 1 aromatic carbocycles. The van der Waals surface area contributed by atoms with Gasteiger partial charge in [0.1, 0.15) is 6.54 Å². The van der Waals surface area contributed by atoms with Crippen LogP contribution in [0.5, 0.6) is 0 Å². The van der Waals surface area contributed by atoms with E-state index in [0.717, 1.165) is 77.9 Å². The molecule has 186 valence electrons. The topological polar surface area (TPSA) is 69.6 Å². The van der Waals surface area contributed by atoms with Gasteiger partial charge in [-0.1, -0.05) is 30.3 Å². The lowest BCUT2D eigenvalue weighted by Gasteiger charge is -2.27. The Morgan fingerprint density at radius 1 is 1.21 bits per heavy atom. The first-order chi connectivity index (χ1) is 15.6. The highest BCUT2D eigenvalue weighted by Crippen LogP contribution is 2.17. The second-order valence-corrected chi connectivity index (χ2v) is 8.76. The Balaban J connectivity index is 0.00000385. The molecule has 33 heavy (non-hydrogen) atoms. The Morgan fingerprint density at radius 3 is 2.70 bits per heavy atom. The number of aliphatic imine (C=N–C) groups is 1. The first kappa shape index (κ1) is 27.8. The molecule has 8 nitrogen and oxygen atoms in total. The fourth-order valence-electron chi connectivity index (χ4n) is 3.96. The van der Waals surface area contributed by atoms with E-state index in [0.29, 0.717) is 12.5 Å². The van der Waals surface area contributed by atoms with Gasteiger partial charge in [-0.25, -0.2) is 4.99 Å². The van der Waals surface area contributed by atoms with Crippen molar-refractivity contribution in [2.24, 2.45) is 10.9 Å². The quantitative estimate of drug-likeness (QED) is 0.200. The maximum Gasteiger partial charge on any atom is 0.243 e. The molecule has 0 bridgehead atoms. The van der Waals surface area contributed by atoms with Crippen molar-refractivity contribution in [1.29, 1.82) is 0 Å². The number of carbonyl (C=O) groups is 1. The van der Waals surface area contributed by atoms with E-state index >= 15 is 0 Å². The van der Waals surface area contributed by atoms with Crippen LogP contribution in [-0.2, 0) is 20.9 Å². The molecule has 2 saturated heterocycles. The van der Waals surface area contributed by atoms with Crippen molar-refractivity contribution in [3.63, 3.8) is 0 Å². The Morgan fingerprint density at radius 2 is 1.97 bits per heavy atom. The summed E-state index contributed by atoms with van der Waals surface area (Å²) in [4.78, 5) is 23.0. The van der Waals surface area contributed by atoms with Crippen molar-refractivity contribution in [2.75, 3.05) is 79.7 Å². The Kier molecular flexibility index (Phi) is 13.0. The summed E-state index contributed by atoms with van der Waals surface area (Å²) in [6.07, 6.45) is 2.11. The zero-order valence-corrected chi connectivity index (χ0v) is 22.4. The molecule has 0 saturated carbocycles. The number of nitrogens with zero attached hydrogens (tertiary/aromatic N) is 4. The summed E-state index contributed by atoms with van der Waals surface area (Å²) in [6, 6.07) is 10.3. The van der Waals surface area contributed by atoms with Gasteiger partial charge in [0.05, 0.1) is 26.4 Å². The van der Waals surface area contributed by atoms with Gasteiger partial charge in [-0.05, 0) is 24.9 Å². The Hall–Kier alpha value is -1.43. The highest BCUT2D eigenvalue weighted by Gasteiger charge is 2.25. The zero-order valence-electron chi connectivity index (χ0n) is 20.1. The summed E-state index contributed by atoms with van der Waals surface area (Å²) in [5.41, 5.74) is 1.20. The van der Waals surface area contributed by atoms with Crippen molar-refractivity contribution in [3.05, 3.63) is 35.9 Å². The molecule has 1 atom stereocenters. The van der Waals surface area contributed by atoms with Gasteiger partial charge in [0.25, 0.3) is 0 Å². The number of rotatable bonds is 10. The van der Waals surface area contributed by atoms with E-state index in [-0.39, 0.29) is 36.4 Å². The fraction of sp³-hybridized carbons (Fsp3) is 0.667. The Bertz CT molecular complexity index is 713. The molecule has 1 N–H and O–H groups in total. The van der Waals surface area contributed by atoms with Crippen molar-refractivity contribution in [1.82, 2.24) is 20.0 Å². The van der Waals surface area contributed by atoms with Crippen LogP contribution in [0, 0.1) is 5.92 Å². The molecule has 1 unspecified atom stereocenters. The van der Waals surface area contributed by atoms with Crippen LogP contribution in [0.15, 0.2) is 35.3 Å². The maximum absolute atomic E-state index is 12.1. The molecule has 0 spiro atoms. The lowest BCUT2D eigenvalue weighted by molar-refractivity contribution is -0.127. The molecule has 2 fully saturated rings. The van der Waals surface area contributed by atoms with Gasteiger partial charge in [-0.3, -0.25) is 9.69 Å². The average Bonchev–Trinajstić information content (AvgIpc) is 3.28. The maximum atomic E-state index is 12.1. The van der Waals surface area contributed by atoms with Crippen LogP contribution in [-0.4, -0.2) is 106 Å². The van der Waals surface area contributed by atoms with Gasteiger partial charge < -0.3 is 24.6 Å². The summed E-state index contributed by atoms with van der Waals surface area (Å²) in [5.74, 6) is 1.33. The summed E-state index contributed by atoms with van der Waals surface area (Å²) >= 11 is 0. The molecule has 3 rings (SSSR count). The summed E-state index contributed by atoms with van der Waals surface area (Å²) in [7, 11) is 3.53.